The van der Waals surface area contributed by atoms with Gasteiger partial charge in [0, 0.05) is 4.88 Å². The average Bonchev–Trinajstić information content (AvgIpc) is 3.09. The van der Waals surface area contributed by atoms with Gasteiger partial charge in [-0.15, -0.1) is 11.3 Å². The summed E-state index contributed by atoms with van der Waals surface area (Å²) in [5.74, 6) is 2.07. The number of methoxy groups -OCH3 is 2. The molecule has 1 aliphatic carbocycles. The Balaban J connectivity index is 1.79. The molecule has 29 heavy (non-hydrogen) atoms. The molecule has 2 heterocycles. The SMILES string of the molecule is COc1ccc(/C=C(/C#N)c2nc3sc4c(c3c(=O)[nH]2)CCC(C)C4)cc1OC. The highest BCUT2D eigenvalue weighted by Gasteiger charge is 2.23. The Hall–Kier alpha value is -3.11. The first-order valence-corrected chi connectivity index (χ1v) is 10.2. The summed E-state index contributed by atoms with van der Waals surface area (Å²) in [6, 6.07) is 7.52. The predicted molar refractivity (Wildman–Crippen MR) is 114 cm³/mol. The first-order chi connectivity index (χ1) is 14.0. The van der Waals surface area contributed by atoms with Crippen LogP contribution in [0.3, 0.4) is 0 Å². The Morgan fingerprint density at radius 2 is 2.14 bits per heavy atom. The molecule has 0 radical (unpaired) electrons. The highest BCUT2D eigenvalue weighted by atomic mass is 32.1. The van der Waals surface area contributed by atoms with Crippen molar-refractivity contribution < 1.29 is 9.47 Å². The van der Waals surface area contributed by atoms with Gasteiger partial charge in [-0.1, -0.05) is 13.0 Å². The third kappa shape index (κ3) is 3.52. The van der Waals surface area contributed by atoms with E-state index in [9.17, 15) is 10.1 Å². The van der Waals surface area contributed by atoms with Gasteiger partial charge in [0.05, 0.1) is 25.2 Å². The molecule has 1 unspecified atom stereocenters. The highest BCUT2D eigenvalue weighted by Crippen LogP contribution is 2.36. The van der Waals surface area contributed by atoms with Gasteiger partial charge in [-0.25, -0.2) is 4.98 Å². The van der Waals surface area contributed by atoms with Crippen molar-refractivity contribution in [1.82, 2.24) is 9.97 Å². The van der Waals surface area contributed by atoms with E-state index in [0.717, 1.165) is 30.4 Å². The zero-order chi connectivity index (χ0) is 20.5. The van der Waals surface area contributed by atoms with Crippen LogP contribution in [0.4, 0.5) is 0 Å². The van der Waals surface area contributed by atoms with E-state index in [4.69, 9.17) is 9.47 Å². The van der Waals surface area contributed by atoms with E-state index in [2.05, 4.69) is 23.0 Å². The number of nitrogens with zero attached hydrogens (tertiary/aromatic N) is 2. The van der Waals surface area contributed by atoms with Gasteiger partial charge in [0.2, 0.25) is 0 Å². The van der Waals surface area contributed by atoms with Gasteiger partial charge in [0.15, 0.2) is 17.3 Å². The molecular weight excluding hydrogens is 386 g/mol. The number of aromatic amines is 1. The number of hydrogen-bond acceptors (Lipinski definition) is 6. The van der Waals surface area contributed by atoms with Crippen LogP contribution in [0.25, 0.3) is 21.9 Å². The Kier molecular flexibility index (Phi) is 5.12. The molecule has 0 saturated carbocycles. The van der Waals surface area contributed by atoms with Gasteiger partial charge in [0.1, 0.15) is 10.9 Å². The Morgan fingerprint density at radius 1 is 1.34 bits per heavy atom. The number of nitrogens with one attached hydrogen (secondary N) is 1. The number of aryl methyl sites for hydroxylation is 1. The molecule has 1 N–H and O–H groups in total. The summed E-state index contributed by atoms with van der Waals surface area (Å²) in [6.45, 7) is 2.23. The Bertz CT molecular complexity index is 1220. The quantitative estimate of drug-likeness (QED) is 0.655. The second-order valence-electron chi connectivity index (χ2n) is 7.23. The van der Waals surface area contributed by atoms with Crippen molar-refractivity contribution in [2.75, 3.05) is 14.2 Å². The fourth-order valence-corrected chi connectivity index (χ4v) is 5.12. The van der Waals surface area contributed by atoms with Crippen LogP contribution in [-0.4, -0.2) is 24.2 Å². The van der Waals surface area contributed by atoms with E-state index in [1.54, 1.807) is 43.8 Å². The van der Waals surface area contributed by atoms with Crippen molar-refractivity contribution in [2.45, 2.75) is 26.2 Å². The lowest BCUT2D eigenvalue weighted by molar-refractivity contribution is 0.355. The Morgan fingerprint density at radius 3 is 2.86 bits per heavy atom. The molecule has 0 bridgehead atoms. The lowest BCUT2D eigenvalue weighted by Crippen LogP contribution is -2.14. The van der Waals surface area contributed by atoms with E-state index in [1.165, 1.54) is 4.88 Å². The smallest absolute Gasteiger partial charge is 0.260 e. The molecule has 0 spiro atoms. The van der Waals surface area contributed by atoms with Gasteiger partial charge >= 0.3 is 0 Å². The van der Waals surface area contributed by atoms with E-state index in [1.807, 2.05) is 6.07 Å². The van der Waals surface area contributed by atoms with Crippen LogP contribution >= 0.6 is 11.3 Å². The molecule has 0 amide bonds. The van der Waals surface area contributed by atoms with Crippen LogP contribution in [0, 0.1) is 17.2 Å². The third-order valence-corrected chi connectivity index (χ3v) is 6.41. The molecule has 1 atom stereocenters. The van der Waals surface area contributed by atoms with Crippen LogP contribution in [0.5, 0.6) is 11.5 Å². The van der Waals surface area contributed by atoms with Crippen molar-refractivity contribution in [3.63, 3.8) is 0 Å². The molecular formula is C22H21N3O3S. The molecule has 6 nitrogen and oxygen atoms in total. The summed E-state index contributed by atoms with van der Waals surface area (Å²) in [5, 5.41) is 10.4. The second kappa shape index (κ2) is 7.72. The van der Waals surface area contributed by atoms with Crippen LogP contribution < -0.4 is 15.0 Å². The summed E-state index contributed by atoms with van der Waals surface area (Å²) in [6.07, 6.45) is 4.66. The monoisotopic (exact) mass is 407 g/mol. The predicted octanol–water partition coefficient (Wildman–Crippen LogP) is 4.19. The normalized spacial score (nSPS) is 16.3. The maximum atomic E-state index is 12.8. The fraction of sp³-hybridized carbons (Fsp3) is 0.318. The highest BCUT2D eigenvalue weighted by molar-refractivity contribution is 7.18. The van der Waals surface area contributed by atoms with Crippen LogP contribution in [0.1, 0.15) is 35.2 Å². The molecule has 148 valence electrons. The number of rotatable bonds is 4. The number of aromatic nitrogens is 2. The molecule has 0 aliphatic heterocycles. The molecule has 0 fully saturated rings. The van der Waals surface area contributed by atoms with Gasteiger partial charge in [-0.05, 0) is 54.5 Å². The molecule has 2 aromatic heterocycles. The van der Waals surface area contributed by atoms with Crippen LogP contribution in [0.2, 0.25) is 0 Å². The number of fused-ring (bicyclic) bond motifs is 3. The lowest BCUT2D eigenvalue weighted by atomic mass is 9.89. The summed E-state index contributed by atoms with van der Waals surface area (Å²) < 4.78 is 10.6. The number of thiophene rings is 1. The largest absolute Gasteiger partial charge is 0.493 e. The average molecular weight is 407 g/mol. The molecule has 1 aliphatic rings. The Labute approximate surface area is 172 Å². The summed E-state index contributed by atoms with van der Waals surface area (Å²) in [5.41, 5.74) is 1.99. The van der Waals surface area contributed by atoms with Gasteiger partial charge < -0.3 is 14.5 Å². The number of benzene rings is 1. The van der Waals surface area contributed by atoms with Crippen molar-refractivity contribution in [2.24, 2.45) is 5.92 Å². The molecule has 7 heteroatoms. The molecule has 3 aromatic rings. The lowest BCUT2D eigenvalue weighted by Gasteiger charge is -2.17. The topological polar surface area (TPSA) is 88.0 Å². The molecule has 4 rings (SSSR count). The van der Waals surface area contributed by atoms with Gasteiger partial charge in [0.25, 0.3) is 5.56 Å². The minimum atomic E-state index is -0.175. The molecule has 0 saturated heterocycles. The van der Waals surface area contributed by atoms with E-state index in [0.29, 0.717) is 27.6 Å². The molecule has 1 aromatic carbocycles. The van der Waals surface area contributed by atoms with Crippen molar-refractivity contribution in [1.29, 1.82) is 5.26 Å². The summed E-state index contributed by atoms with van der Waals surface area (Å²) >= 11 is 1.57. The summed E-state index contributed by atoms with van der Waals surface area (Å²) in [7, 11) is 3.13. The number of nitriles is 1. The van der Waals surface area contributed by atoms with Crippen molar-refractivity contribution >= 4 is 33.2 Å². The second-order valence-corrected chi connectivity index (χ2v) is 8.31. The summed E-state index contributed by atoms with van der Waals surface area (Å²) in [4.78, 5) is 22.2. The van der Waals surface area contributed by atoms with Crippen LogP contribution in [0.15, 0.2) is 23.0 Å². The maximum Gasteiger partial charge on any atom is 0.260 e. The third-order valence-electron chi connectivity index (χ3n) is 5.26. The minimum Gasteiger partial charge on any atom is -0.493 e. The number of hydrogen-bond donors (Lipinski definition) is 1. The maximum absolute atomic E-state index is 12.8. The number of H-pyrrole nitrogens is 1. The van der Waals surface area contributed by atoms with Gasteiger partial charge in [-0.3, -0.25) is 4.79 Å². The van der Waals surface area contributed by atoms with Gasteiger partial charge in [-0.2, -0.15) is 5.26 Å². The van der Waals surface area contributed by atoms with E-state index in [-0.39, 0.29) is 17.0 Å². The number of allylic oxidation sites excluding steroid dienone is 1. The minimum absolute atomic E-state index is 0.175. The van der Waals surface area contributed by atoms with Crippen LogP contribution in [-0.2, 0) is 12.8 Å². The number of ether oxygens (including phenoxy) is 2. The van der Waals surface area contributed by atoms with E-state index >= 15 is 0 Å². The first-order valence-electron chi connectivity index (χ1n) is 9.42. The van der Waals surface area contributed by atoms with Crippen molar-refractivity contribution in [3.8, 4) is 17.6 Å². The first kappa shape index (κ1) is 19.2. The zero-order valence-electron chi connectivity index (χ0n) is 16.5. The fourth-order valence-electron chi connectivity index (χ4n) is 3.74. The zero-order valence-corrected chi connectivity index (χ0v) is 17.4. The van der Waals surface area contributed by atoms with E-state index < -0.39 is 0 Å². The van der Waals surface area contributed by atoms with Crippen molar-refractivity contribution in [3.05, 3.63) is 50.4 Å². The standard InChI is InChI=1S/C22H21N3O3S/c1-12-4-6-15-18(8-12)29-22-19(15)21(26)24-20(25-22)14(11-23)9-13-5-7-16(27-2)17(10-13)28-3/h5,7,9-10,12H,4,6,8H2,1-3H3,(H,24,25,26)/b14-9-.